The Bertz CT molecular complexity index is 3920. The van der Waals surface area contributed by atoms with Gasteiger partial charge in [0, 0.05) is 39.2 Å². The maximum Gasteiger partial charge on any atom is 0.160 e. The Kier molecular flexibility index (Phi) is 9.11. The number of nitrogens with zero attached hydrogens (tertiary/aromatic N) is 2. The number of hydrogen-bond donors (Lipinski definition) is 0. The van der Waals surface area contributed by atoms with E-state index in [0.717, 1.165) is 56.1 Å². The minimum Gasteiger partial charge on any atom is -0.454 e. The van der Waals surface area contributed by atoms with Crippen molar-refractivity contribution in [1.82, 2.24) is 0 Å². The summed E-state index contributed by atoms with van der Waals surface area (Å²) in [5.74, 6) is 0. The Morgan fingerprint density at radius 2 is 0.743 bits per heavy atom. The van der Waals surface area contributed by atoms with Crippen molar-refractivity contribution in [3.05, 3.63) is 289 Å². The predicted octanol–water partition coefficient (Wildman–Crippen LogP) is 18.2. The van der Waals surface area contributed by atoms with Crippen LogP contribution in [0.3, 0.4) is 0 Å². The maximum atomic E-state index is 7.17. The van der Waals surface area contributed by atoms with Gasteiger partial charge in [0.2, 0.25) is 0 Å². The van der Waals surface area contributed by atoms with Gasteiger partial charge in [0.15, 0.2) is 5.58 Å². The zero-order chi connectivity index (χ0) is 46.2. The first-order chi connectivity index (χ1) is 34.7. The van der Waals surface area contributed by atoms with Gasteiger partial charge in [0.05, 0.1) is 11.1 Å². The van der Waals surface area contributed by atoms with Crippen LogP contribution in [-0.2, 0) is 5.41 Å². The van der Waals surface area contributed by atoms with Crippen molar-refractivity contribution in [2.45, 2.75) is 5.41 Å². The van der Waals surface area contributed by atoms with Gasteiger partial charge in [-0.3, -0.25) is 0 Å². The van der Waals surface area contributed by atoms with Crippen LogP contribution < -0.4 is 9.80 Å². The van der Waals surface area contributed by atoms with E-state index in [1.807, 2.05) is 0 Å². The monoisotopic (exact) mass is 892 g/mol. The van der Waals surface area contributed by atoms with Crippen LogP contribution in [0.4, 0.5) is 34.1 Å². The fourth-order valence-corrected chi connectivity index (χ4v) is 11.7. The van der Waals surface area contributed by atoms with Gasteiger partial charge in [0.25, 0.3) is 0 Å². The summed E-state index contributed by atoms with van der Waals surface area (Å²) in [5, 5.41) is 2.23. The summed E-state index contributed by atoms with van der Waals surface area (Å²) in [5.41, 5.74) is 22.1. The Morgan fingerprint density at radius 3 is 1.37 bits per heavy atom. The van der Waals surface area contributed by atoms with Gasteiger partial charge in [-0.1, -0.05) is 194 Å². The fraction of sp³-hybridized carbons (Fsp3) is 0.0149. The molecule has 1 spiro atoms. The molecule has 2 aliphatic rings. The third kappa shape index (κ3) is 6.01. The zero-order valence-corrected chi connectivity index (χ0v) is 38.2. The number of benzene rings is 11. The Labute approximate surface area is 407 Å². The molecule has 0 saturated heterocycles. The van der Waals surface area contributed by atoms with E-state index >= 15 is 0 Å². The molecule has 1 unspecified atom stereocenters. The molecule has 70 heavy (non-hydrogen) atoms. The largest absolute Gasteiger partial charge is 0.454 e. The van der Waals surface area contributed by atoms with E-state index in [2.05, 4.69) is 277 Å². The molecule has 14 rings (SSSR count). The number of furan rings is 1. The molecule has 0 amide bonds. The standard InChI is InChI=1S/C67H44N2O/c1-5-19-45(20-6-1)47-33-37-51(38-34-47)68(49-23-9-3-10-24-49)53-41-42-55-54-27-13-16-30-58(54)67(60(55)43-53)59-31-17-14-28-56(59)64-61(67)44-62(66-65(64)57-29-15-18-32-63(57)70-66)69(50-25-11-4-12-26-50)52-39-35-48(36-40-52)46-21-7-2-8-22-46/h1-44H. The molecule has 0 saturated carbocycles. The second-order valence-electron chi connectivity index (χ2n) is 18.4. The third-order valence-electron chi connectivity index (χ3n) is 14.7. The van der Waals surface area contributed by atoms with Crippen molar-refractivity contribution >= 4 is 56.1 Å². The Balaban J connectivity index is 1.05. The van der Waals surface area contributed by atoms with Gasteiger partial charge in [-0.25, -0.2) is 0 Å². The molecule has 0 radical (unpaired) electrons. The van der Waals surface area contributed by atoms with Crippen molar-refractivity contribution in [3.8, 4) is 44.5 Å². The van der Waals surface area contributed by atoms with Crippen LogP contribution in [-0.4, -0.2) is 0 Å². The van der Waals surface area contributed by atoms with Crippen LogP contribution in [0.1, 0.15) is 22.3 Å². The average Bonchev–Trinajstić information content (AvgIpc) is 4.07. The van der Waals surface area contributed by atoms with E-state index in [-0.39, 0.29) is 0 Å². The summed E-state index contributed by atoms with van der Waals surface area (Å²) in [6.45, 7) is 0. The van der Waals surface area contributed by atoms with Crippen molar-refractivity contribution in [1.29, 1.82) is 0 Å². The number of hydrogen-bond acceptors (Lipinski definition) is 3. The SMILES string of the molecule is c1ccc(-c2ccc(N(c3ccccc3)c3ccc4c(c3)C3(c5ccccc5-4)c4ccccc4-c4c3cc(N(c3ccccc3)c3ccc(-c5ccccc5)cc3)c3oc5ccccc5c43)cc2)cc1. The highest BCUT2D eigenvalue weighted by Gasteiger charge is 2.53. The van der Waals surface area contributed by atoms with Crippen molar-refractivity contribution in [2.24, 2.45) is 0 Å². The zero-order valence-electron chi connectivity index (χ0n) is 38.2. The fourth-order valence-electron chi connectivity index (χ4n) is 11.7. The first-order valence-electron chi connectivity index (χ1n) is 24.1. The molecule has 0 N–H and O–H groups in total. The molecule has 3 heteroatoms. The molecule has 11 aromatic carbocycles. The summed E-state index contributed by atoms with van der Waals surface area (Å²) in [4.78, 5) is 4.80. The van der Waals surface area contributed by atoms with Crippen molar-refractivity contribution in [3.63, 3.8) is 0 Å². The van der Waals surface area contributed by atoms with Crippen molar-refractivity contribution < 1.29 is 4.42 Å². The van der Waals surface area contributed by atoms with Crippen molar-refractivity contribution in [2.75, 3.05) is 9.80 Å². The third-order valence-corrected chi connectivity index (χ3v) is 14.7. The molecule has 0 aliphatic heterocycles. The second-order valence-corrected chi connectivity index (χ2v) is 18.4. The lowest BCUT2D eigenvalue weighted by Gasteiger charge is -2.33. The van der Waals surface area contributed by atoms with Crippen LogP contribution in [0.2, 0.25) is 0 Å². The molecule has 0 bridgehead atoms. The molecule has 12 aromatic rings. The lowest BCUT2D eigenvalue weighted by Crippen LogP contribution is -2.26. The van der Waals surface area contributed by atoms with Crippen LogP contribution in [0.25, 0.3) is 66.4 Å². The molecular weight excluding hydrogens is 849 g/mol. The normalized spacial score (nSPS) is 14.1. The number of anilines is 6. The summed E-state index contributed by atoms with van der Waals surface area (Å²) >= 11 is 0. The first-order valence-corrected chi connectivity index (χ1v) is 24.1. The summed E-state index contributed by atoms with van der Waals surface area (Å²) in [6, 6.07) is 97.1. The van der Waals surface area contributed by atoms with E-state index in [9.17, 15) is 0 Å². The summed E-state index contributed by atoms with van der Waals surface area (Å²) < 4.78 is 7.17. The van der Waals surface area contributed by atoms with E-state index in [1.54, 1.807) is 0 Å². The minimum atomic E-state index is -0.672. The Hall–Kier alpha value is -9.18. The van der Waals surface area contributed by atoms with Gasteiger partial charge < -0.3 is 14.2 Å². The van der Waals surface area contributed by atoms with Crippen LogP contribution in [0, 0.1) is 0 Å². The first kappa shape index (κ1) is 39.9. The molecule has 0 fully saturated rings. The van der Waals surface area contributed by atoms with Gasteiger partial charge in [0.1, 0.15) is 5.58 Å². The average molecular weight is 893 g/mol. The van der Waals surface area contributed by atoms with E-state index in [4.69, 9.17) is 4.42 Å². The minimum absolute atomic E-state index is 0.672. The molecule has 3 nitrogen and oxygen atoms in total. The molecule has 2 aliphatic carbocycles. The number of fused-ring (bicyclic) bond motifs is 14. The molecule has 1 heterocycles. The maximum absolute atomic E-state index is 7.17. The smallest absolute Gasteiger partial charge is 0.160 e. The Morgan fingerprint density at radius 1 is 0.300 bits per heavy atom. The highest BCUT2D eigenvalue weighted by molar-refractivity contribution is 6.20. The van der Waals surface area contributed by atoms with Crippen LogP contribution in [0.15, 0.2) is 271 Å². The van der Waals surface area contributed by atoms with E-state index in [0.29, 0.717) is 0 Å². The lowest BCUT2D eigenvalue weighted by atomic mass is 9.70. The van der Waals surface area contributed by atoms with E-state index < -0.39 is 5.41 Å². The molecule has 328 valence electrons. The van der Waals surface area contributed by atoms with Gasteiger partial charge in [-0.05, 0) is 140 Å². The van der Waals surface area contributed by atoms with E-state index in [1.165, 1.54) is 66.8 Å². The van der Waals surface area contributed by atoms with Crippen LogP contribution in [0.5, 0.6) is 0 Å². The number of para-hydroxylation sites is 3. The highest BCUT2D eigenvalue weighted by atomic mass is 16.3. The quantitative estimate of drug-likeness (QED) is 0.152. The highest BCUT2D eigenvalue weighted by Crippen LogP contribution is 2.66. The summed E-state index contributed by atoms with van der Waals surface area (Å²) in [6.07, 6.45) is 0. The molecular formula is C67H44N2O. The van der Waals surface area contributed by atoms with Gasteiger partial charge >= 0.3 is 0 Å². The second kappa shape index (κ2) is 16.0. The van der Waals surface area contributed by atoms with Crippen LogP contribution >= 0.6 is 0 Å². The number of rotatable bonds is 8. The van der Waals surface area contributed by atoms with Gasteiger partial charge in [-0.15, -0.1) is 0 Å². The molecule has 1 atom stereocenters. The molecule has 1 aromatic heterocycles. The lowest BCUT2D eigenvalue weighted by molar-refractivity contribution is 0.668. The topological polar surface area (TPSA) is 19.6 Å². The predicted molar refractivity (Wildman–Crippen MR) is 290 cm³/mol. The van der Waals surface area contributed by atoms with Gasteiger partial charge in [-0.2, -0.15) is 0 Å². The summed E-state index contributed by atoms with van der Waals surface area (Å²) in [7, 11) is 0.